The zero-order valence-electron chi connectivity index (χ0n) is 25.4. The summed E-state index contributed by atoms with van der Waals surface area (Å²) in [6.07, 6.45) is 0.479. The number of nitrogens with one attached hydrogen (secondary N) is 3. The lowest BCUT2D eigenvalue weighted by molar-refractivity contribution is -0.384. The number of amides is 1. The van der Waals surface area contributed by atoms with Crippen molar-refractivity contribution in [3.63, 3.8) is 0 Å². The average molecular weight is 602 g/mol. The summed E-state index contributed by atoms with van der Waals surface area (Å²) < 4.78 is 17.0. The Kier molecular flexibility index (Phi) is 9.59. The number of carbonyl (C=O) groups excluding carboxylic acids is 1. The highest BCUT2D eigenvalue weighted by atomic mass is 16.6. The second-order valence-electron chi connectivity index (χ2n) is 11.1. The molecule has 3 N–H and O–H groups in total. The van der Waals surface area contributed by atoms with Crippen LogP contribution >= 0.6 is 0 Å². The van der Waals surface area contributed by atoms with Crippen LogP contribution in [0.3, 0.4) is 0 Å². The maximum atomic E-state index is 12.3. The molecule has 1 heterocycles. The van der Waals surface area contributed by atoms with Crippen LogP contribution in [0.5, 0.6) is 11.5 Å². The summed E-state index contributed by atoms with van der Waals surface area (Å²) in [6.45, 7) is 6.39. The van der Waals surface area contributed by atoms with Crippen molar-refractivity contribution in [2.75, 3.05) is 45.0 Å². The van der Waals surface area contributed by atoms with E-state index in [1.165, 1.54) is 19.2 Å². The Morgan fingerprint density at radius 2 is 1.86 bits per heavy atom. The number of non-ortho nitro benzene ring substituents is 1. The highest BCUT2D eigenvalue weighted by Crippen LogP contribution is 2.37. The van der Waals surface area contributed by atoms with Crippen molar-refractivity contribution < 1.29 is 23.9 Å². The van der Waals surface area contributed by atoms with Gasteiger partial charge in [0.1, 0.15) is 18.0 Å². The predicted octanol–water partition coefficient (Wildman–Crippen LogP) is 6.24. The van der Waals surface area contributed by atoms with E-state index in [0.717, 1.165) is 6.21 Å². The third-order valence-corrected chi connectivity index (χ3v) is 6.20. The monoisotopic (exact) mass is 601 g/mol. The van der Waals surface area contributed by atoms with Gasteiger partial charge in [0.15, 0.2) is 17.3 Å². The standard InChI is InChI=1S/C31H35N7O6/c1-31(2,3)44-30(39)35-24-11-10-21(14-20(24)18-32)33-29-23-16-27(43-13-12-37(4)5)26(42-6)17-25(23)34-28(36-29)19-8-7-9-22(15-19)38(40)41/h7-11,14-18,32H,12-13H2,1-6H3,(H,35,39)(H,33,34,36). The number of rotatable bonds is 11. The average Bonchev–Trinajstić information content (AvgIpc) is 2.96. The molecule has 4 aromatic rings. The number of likely N-dealkylation sites (N-methyl/N-ethyl adjacent to an activating group) is 1. The molecule has 0 bridgehead atoms. The number of aromatic nitrogens is 2. The maximum Gasteiger partial charge on any atom is 0.412 e. The maximum absolute atomic E-state index is 12.3. The van der Waals surface area contributed by atoms with Crippen LogP contribution in [-0.2, 0) is 4.74 Å². The molecule has 0 fully saturated rings. The Labute approximate surface area is 254 Å². The number of methoxy groups -OCH3 is 1. The Balaban J connectivity index is 1.79. The third-order valence-electron chi connectivity index (χ3n) is 6.20. The molecule has 44 heavy (non-hydrogen) atoms. The largest absolute Gasteiger partial charge is 0.493 e. The SMILES string of the molecule is COc1cc2nc(-c3cccc([N+](=O)[O-])c3)nc(Nc3ccc(NC(=O)OC(C)(C)C)c(C=N)c3)c2cc1OCCN(C)C. The lowest BCUT2D eigenvalue weighted by Crippen LogP contribution is -2.27. The summed E-state index contributed by atoms with van der Waals surface area (Å²) >= 11 is 0. The van der Waals surface area contributed by atoms with Gasteiger partial charge < -0.3 is 29.8 Å². The highest BCUT2D eigenvalue weighted by Gasteiger charge is 2.19. The van der Waals surface area contributed by atoms with Crippen LogP contribution in [0.1, 0.15) is 26.3 Å². The van der Waals surface area contributed by atoms with E-state index in [9.17, 15) is 14.9 Å². The van der Waals surface area contributed by atoms with Crippen LogP contribution < -0.4 is 20.1 Å². The molecule has 13 heteroatoms. The number of nitro benzene ring substituents is 1. The van der Waals surface area contributed by atoms with Crippen molar-refractivity contribution >= 4 is 46.1 Å². The number of carbonyl (C=O) groups is 1. The number of hydrogen-bond acceptors (Lipinski definition) is 11. The fraction of sp³-hybridized carbons (Fsp3) is 0.290. The molecule has 1 aromatic heterocycles. The molecule has 0 unspecified atom stereocenters. The molecule has 0 aliphatic rings. The summed E-state index contributed by atoms with van der Waals surface area (Å²) in [4.78, 5) is 34.8. The summed E-state index contributed by atoms with van der Waals surface area (Å²) in [5.41, 5.74) is 1.57. The summed E-state index contributed by atoms with van der Waals surface area (Å²) in [5.74, 6) is 1.60. The first-order valence-corrected chi connectivity index (χ1v) is 13.7. The zero-order valence-corrected chi connectivity index (χ0v) is 25.4. The molecule has 0 aliphatic carbocycles. The Hall–Kier alpha value is -5.30. The minimum absolute atomic E-state index is 0.0911. The van der Waals surface area contributed by atoms with Crippen LogP contribution in [0.2, 0.25) is 0 Å². The van der Waals surface area contributed by atoms with Gasteiger partial charge in [-0.25, -0.2) is 14.8 Å². The normalized spacial score (nSPS) is 11.2. The number of ether oxygens (including phenoxy) is 3. The first-order valence-electron chi connectivity index (χ1n) is 13.7. The highest BCUT2D eigenvalue weighted by molar-refractivity contribution is 5.97. The van der Waals surface area contributed by atoms with E-state index in [1.807, 2.05) is 19.0 Å². The van der Waals surface area contributed by atoms with Gasteiger partial charge in [-0.3, -0.25) is 15.4 Å². The molecule has 0 saturated carbocycles. The minimum Gasteiger partial charge on any atom is -0.493 e. The van der Waals surface area contributed by atoms with Crippen LogP contribution in [0, 0.1) is 15.5 Å². The predicted molar refractivity (Wildman–Crippen MR) is 170 cm³/mol. The van der Waals surface area contributed by atoms with Crippen molar-refractivity contribution in [3.05, 3.63) is 70.3 Å². The number of benzene rings is 3. The Morgan fingerprint density at radius 1 is 1.09 bits per heavy atom. The summed E-state index contributed by atoms with van der Waals surface area (Å²) in [7, 11) is 5.43. The molecular weight excluding hydrogens is 566 g/mol. The van der Waals surface area contributed by atoms with E-state index in [0.29, 0.717) is 63.9 Å². The lowest BCUT2D eigenvalue weighted by Gasteiger charge is -2.20. The first-order chi connectivity index (χ1) is 20.9. The van der Waals surface area contributed by atoms with Crippen molar-refractivity contribution in [1.29, 1.82) is 5.41 Å². The topological polar surface area (TPSA) is 165 Å². The minimum atomic E-state index is -0.681. The molecule has 0 saturated heterocycles. The fourth-order valence-corrected chi connectivity index (χ4v) is 4.15. The van der Waals surface area contributed by atoms with Gasteiger partial charge in [-0.05, 0) is 59.1 Å². The molecule has 4 rings (SSSR count). The van der Waals surface area contributed by atoms with Gasteiger partial charge in [0.05, 0.1) is 23.2 Å². The molecule has 230 valence electrons. The van der Waals surface area contributed by atoms with Crippen molar-refractivity contribution in [1.82, 2.24) is 14.9 Å². The van der Waals surface area contributed by atoms with E-state index < -0.39 is 16.6 Å². The van der Waals surface area contributed by atoms with E-state index in [4.69, 9.17) is 29.6 Å². The summed E-state index contributed by atoms with van der Waals surface area (Å²) in [5, 5.41) is 25.9. The van der Waals surface area contributed by atoms with Gasteiger partial charge in [-0.2, -0.15) is 0 Å². The van der Waals surface area contributed by atoms with Gasteiger partial charge in [0.25, 0.3) is 5.69 Å². The van der Waals surface area contributed by atoms with Crippen molar-refractivity contribution in [3.8, 4) is 22.9 Å². The van der Waals surface area contributed by atoms with E-state index in [2.05, 4.69) is 10.6 Å². The van der Waals surface area contributed by atoms with Gasteiger partial charge in [0.2, 0.25) is 0 Å². The van der Waals surface area contributed by atoms with Gasteiger partial charge in [0, 0.05) is 53.2 Å². The second kappa shape index (κ2) is 13.3. The van der Waals surface area contributed by atoms with E-state index >= 15 is 0 Å². The fourth-order valence-electron chi connectivity index (χ4n) is 4.15. The van der Waals surface area contributed by atoms with Crippen LogP contribution in [0.15, 0.2) is 54.6 Å². The van der Waals surface area contributed by atoms with E-state index in [-0.39, 0.29) is 11.5 Å². The third kappa shape index (κ3) is 7.95. The summed E-state index contributed by atoms with van der Waals surface area (Å²) in [6, 6.07) is 14.6. The second-order valence-corrected chi connectivity index (χ2v) is 11.1. The molecule has 0 atom stereocenters. The van der Waals surface area contributed by atoms with Crippen molar-refractivity contribution in [2.45, 2.75) is 26.4 Å². The Bertz CT molecular complexity index is 1700. The molecular formula is C31H35N7O6. The molecule has 0 spiro atoms. The van der Waals surface area contributed by atoms with Gasteiger partial charge >= 0.3 is 6.09 Å². The smallest absolute Gasteiger partial charge is 0.412 e. The quantitative estimate of drug-likeness (QED) is 0.102. The first kappa shape index (κ1) is 31.6. The molecule has 13 nitrogen and oxygen atoms in total. The lowest BCUT2D eigenvalue weighted by atomic mass is 10.1. The molecule has 0 aliphatic heterocycles. The number of hydrogen-bond donors (Lipinski definition) is 3. The zero-order chi connectivity index (χ0) is 32.0. The van der Waals surface area contributed by atoms with E-state index in [1.54, 1.807) is 63.2 Å². The number of nitro groups is 1. The van der Waals surface area contributed by atoms with Gasteiger partial charge in [-0.1, -0.05) is 12.1 Å². The molecule has 0 radical (unpaired) electrons. The van der Waals surface area contributed by atoms with Crippen LogP contribution in [0.4, 0.5) is 27.7 Å². The van der Waals surface area contributed by atoms with Crippen LogP contribution in [-0.4, -0.2) is 72.1 Å². The van der Waals surface area contributed by atoms with Crippen molar-refractivity contribution in [2.24, 2.45) is 0 Å². The van der Waals surface area contributed by atoms with Crippen LogP contribution in [0.25, 0.3) is 22.3 Å². The number of fused-ring (bicyclic) bond motifs is 1. The van der Waals surface area contributed by atoms with Gasteiger partial charge in [-0.15, -0.1) is 0 Å². The molecule has 1 amide bonds. The number of anilines is 3. The molecule has 3 aromatic carbocycles. The Morgan fingerprint density at radius 3 is 2.52 bits per heavy atom. The number of nitrogens with zero attached hydrogens (tertiary/aromatic N) is 4.